The Morgan fingerprint density at radius 3 is 2.74 bits per heavy atom. The van der Waals surface area contributed by atoms with Crippen molar-refractivity contribution in [3.8, 4) is 0 Å². The molecule has 1 atom stereocenters. The summed E-state index contributed by atoms with van der Waals surface area (Å²) in [5.41, 5.74) is 2.50. The number of carbonyl (C=O) groups is 1. The summed E-state index contributed by atoms with van der Waals surface area (Å²) in [4.78, 5) is 14.0. The van der Waals surface area contributed by atoms with E-state index in [0.717, 1.165) is 33.8 Å². The molecule has 2 aliphatic rings. The zero-order valence-electron chi connectivity index (χ0n) is 10.2. The Hall–Kier alpha value is -1.01. The lowest BCUT2D eigenvalue weighted by Gasteiger charge is -2.39. The molecular weight excluding hydrogens is 280 g/mol. The largest absolute Gasteiger partial charge is 0.341 e. The zero-order chi connectivity index (χ0) is 12.9. The van der Waals surface area contributed by atoms with Crippen LogP contribution in [0.2, 0.25) is 0 Å². The lowest BCUT2D eigenvalue weighted by atomic mass is 9.98. The summed E-state index contributed by atoms with van der Waals surface area (Å²) < 4.78 is 12.1. The van der Waals surface area contributed by atoms with Gasteiger partial charge in [0.2, 0.25) is 5.79 Å². The Bertz CT molecular complexity index is 639. The average Bonchev–Trinajstić information content (AvgIpc) is 3.05. The normalized spacial score (nSPS) is 25.1. The van der Waals surface area contributed by atoms with Gasteiger partial charge in [-0.25, -0.2) is 0 Å². The summed E-state index contributed by atoms with van der Waals surface area (Å²) in [5, 5.41) is 2.09. The van der Waals surface area contributed by atoms with Gasteiger partial charge in [0.25, 0.3) is 0 Å². The molecule has 1 unspecified atom stereocenters. The topological polar surface area (TPSA) is 35.5 Å². The number of rotatable bonds is 1. The van der Waals surface area contributed by atoms with Crippen molar-refractivity contribution in [1.29, 1.82) is 0 Å². The number of thiophene rings is 2. The second kappa shape index (κ2) is 4.24. The Morgan fingerprint density at radius 2 is 1.95 bits per heavy atom. The predicted molar refractivity (Wildman–Crippen MR) is 74.1 cm³/mol. The molecule has 0 aromatic carbocycles. The Labute approximate surface area is 118 Å². The van der Waals surface area contributed by atoms with Gasteiger partial charge in [-0.15, -0.1) is 22.7 Å². The molecule has 0 N–H and O–H groups in total. The van der Waals surface area contributed by atoms with Crippen molar-refractivity contribution in [3.05, 3.63) is 43.3 Å². The summed E-state index contributed by atoms with van der Waals surface area (Å²) in [6, 6.07) is 4.12. The van der Waals surface area contributed by atoms with E-state index in [1.54, 1.807) is 11.3 Å². The highest BCUT2D eigenvalue weighted by Gasteiger charge is 2.47. The summed E-state index contributed by atoms with van der Waals surface area (Å²) in [6.45, 7) is 1.30. The molecule has 19 heavy (non-hydrogen) atoms. The molecular formula is C14H12O3S2. The minimum Gasteiger partial charge on any atom is -0.341 e. The van der Waals surface area contributed by atoms with Crippen LogP contribution in [0.1, 0.15) is 30.6 Å². The van der Waals surface area contributed by atoms with Crippen molar-refractivity contribution in [2.75, 3.05) is 13.2 Å². The first kappa shape index (κ1) is 11.8. The average molecular weight is 292 g/mol. The van der Waals surface area contributed by atoms with Crippen molar-refractivity contribution >= 4 is 29.0 Å². The second-order valence-electron chi connectivity index (χ2n) is 4.71. The van der Waals surface area contributed by atoms with E-state index in [2.05, 4.69) is 11.4 Å². The van der Waals surface area contributed by atoms with E-state index < -0.39 is 5.79 Å². The highest BCUT2D eigenvalue weighted by Crippen LogP contribution is 2.48. The van der Waals surface area contributed by atoms with E-state index in [-0.39, 0.29) is 0 Å². The van der Waals surface area contributed by atoms with Gasteiger partial charge < -0.3 is 9.47 Å². The fraction of sp³-hybridized carbons (Fsp3) is 0.357. The lowest BCUT2D eigenvalue weighted by molar-refractivity contribution is -0.225. The zero-order valence-corrected chi connectivity index (χ0v) is 11.8. The molecule has 3 nitrogen and oxygen atoms in total. The number of ether oxygens (including phenoxy) is 2. The smallest absolute Gasteiger partial charge is 0.241 e. The molecule has 0 aliphatic carbocycles. The standard InChI is InChI=1S/C14H12O3S2/c15-8-11-7-10-2-5-17-14(13(10)19-11)12-9(1-4-16-14)3-6-18-12/h3,6-8H,1-2,4-5H2. The molecule has 4 heterocycles. The van der Waals surface area contributed by atoms with Crippen molar-refractivity contribution < 1.29 is 14.3 Å². The first-order valence-corrected chi connectivity index (χ1v) is 7.96. The third-order valence-electron chi connectivity index (χ3n) is 3.64. The van der Waals surface area contributed by atoms with Crippen LogP contribution in [0.5, 0.6) is 0 Å². The molecule has 0 saturated heterocycles. The first-order valence-electron chi connectivity index (χ1n) is 6.26. The number of hydrogen-bond acceptors (Lipinski definition) is 5. The maximum atomic E-state index is 11.0. The van der Waals surface area contributed by atoms with Crippen molar-refractivity contribution in [1.82, 2.24) is 0 Å². The summed E-state index contributed by atoms with van der Waals surface area (Å²) >= 11 is 3.18. The van der Waals surface area contributed by atoms with Gasteiger partial charge in [-0.05, 0) is 41.5 Å². The second-order valence-corrected chi connectivity index (χ2v) is 6.71. The maximum Gasteiger partial charge on any atom is 0.241 e. The van der Waals surface area contributed by atoms with Crippen molar-refractivity contribution in [2.45, 2.75) is 18.6 Å². The molecule has 0 fully saturated rings. The number of carbonyl (C=O) groups excluding carboxylic acids is 1. The van der Waals surface area contributed by atoms with Crippen LogP contribution in [0.15, 0.2) is 17.5 Å². The van der Waals surface area contributed by atoms with Crippen LogP contribution < -0.4 is 0 Å². The predicted octanol–water partition coefficient (Wildman–Crippen LogP) is 2.97. The molecule has 2 aliphatic heterocycles. The summed E-state index contributed by atoms with van der Waals surface area (Å²) in [5.74, 6) is -0.749. The molecule has 0 amide bonds. The Balaban J connectivity index is 1.95. The van der Waals surface area contributed by atoms with Crippen LogP contribution >= 0.6 is 22.7 Å². The quantitative estimate of drug-likeness (QED) is 0.758. The van der Waals surface area contributed by atoms with Crippen LogP contribution in [-0.2, 0) is 28.1 Å². The number of aldehydes is 1. The minimum atomic E-state index is -0.749. The van der Waals surface area contributed by atoms with Gasteiger partial charge in [0, 0.05) is 0 Å². The monoisotopic (exact) mass is 292 g/mol. The third kappa shape index (κ3) is 1.59. The Kier molecular flexibility index (Phi) is 2.63. The van der Waals surface area contributed by atoms with Crippen LogP contribution in [0.4, 0.5) is 0 Å². The van der Waals surface area contributed by atoms with E-state index in [4.69, 9.17) is 9.47 Å². The lowest BCUT2D eigenvalue weighted by Crippen LogP contribution is -2.41. The number of fused-ring (bicyclic) bond motifs is 4. The number of hydrogen-bond donors (Lipinski definition) is 0. The van der Waals surface area contributed by atoms with Gasteiger partial charge in [0.05, 0.1) is 27.8 Å². The fourth-order valence-electron chi connectivity index (χ4n) is 2.81. The SMILES string of the molecule is O=Cc1cc2c(s1)C1(OCCc3ccsc31)OCC2. The highest BCUT2D eigenvalue weighted by atomic mass is 32.1. The molecule has 0 bridgehead atoms. The van der Waals surface area contributed by atoms with E-state index >= 15 is 0 Å². The van der Waals surface area contributed by atoms with Crippen LogP contribution in [0.3, 0.4) is 0 Å². The highest BCUT2D eigenvalue weighted by molar-refractivity contribution is 7.14. The van der Waals surface area contributed by atoms with Crippen molar-refractivity contribution in [3.63, 3.8) is 0 Å². The van der Waals surface area contributed by atoms with E-state index in [0.29, 0.717) is 13.2 Å². The van der Waals surface area contributed by atoms with Crippen LogP contribution in [0, 0.1) is 0 Å². The third-order valence-corrected chi connectivity index (χ3v) is 5.87. The Morgan fingerprint density at radius 1 is 1.16 bits per heavy atom. The van der Waals surface area contributed by atoms with Gasteiger partial charge in [0.1, 0.15) is 0 Å². The maximum absolute atomic E-state index is 11.0. The van der Waals surface area contributed by atoms with Gasteiger partial charge in [-0.3, -0.25) is 4.79 Å². The van der Waals surface area contributed by atoms with Crippen molar-refractivity contribution in [2.24, 2.45) is 0 Å². The first-order chi connectivity index (χ1) is 9.33. The van der Waals surface area contributed by atoms with E-state index in [1.807, 2.05) is 6.07 Å². The van der Waals surface area contributed by atoms with Crippen LogP contribution in [-0.4, -0.2) is 19.5 Å². The molecule has 5 heteroatoms. The molecule has 0 saturated carbocycles. The molecule has 0 radical (unpaired) electrons. The van der Waals surface area contributed by atoms with Crippen LogP contribution in [0.25, 0.3) is 0 Å². The molecule has 4 rings (SSSR count). The molecule has 1 spiro atoms. The van der Waals surface area contributed by atoms with Gasteiger partial charge in [-0.2, -0.15) is 0 Å². The van der Waals surface area contributed by atoms with Gasteiger partial charge in [0.15, 0.2) is 6.29 Å². The fourth-order valence-corrected chi connectivity index (χ4v) is 5.07. The van der Waals surface area contributed by atoms with Gasteiger partial charge in [-0.1, -0.05) is 0 Å². The molecule has 2 aromatic rings. The summed E-state index contributed by atoms with van der Waals surface area (Å²) in [7, 11) is 0. The van der Waals surface area contributed by atoms with E-state index in [9.17, 15) is 4.79 Å². The van der Waals surface area contributed by atoms with Gasteiger partial charge >= 0.3 is 0 Å². The summed E-state index contributed by atoms with van der Waals surface area (Å²) in [6.07, 6.45) is 2.70. The van der Waals surface area contributed by atoms with E-state index in [1.165, 1.54) is 22.5 Å². The molecule has 98 valence electrons. The molecule has 2 aromatic heterocycles. The minimum absolute atomic E-state index is 0.638.